The first-order valence-corrected chi connectivity index (χ1v) is 3.23. The van der Waals surface area contributed by atoms with E-state index in [4.69, 9.17) is 1.37 Å². The normalized spacial score (nSPS) is 11.5. The van der Waals surface area contributed by atoms with Crippen LogP contribution >= 0.6 is 0 Å². The Kier molecular flexibility index (Phi) is 1.01. The summed E-state index contributed by atoms with van der Waals surface area (Å²) in [6.45, 7) is 0. The van der Waals surface area contributed by atoms with Crippen LogP contribution in [0.3, 0.4) is 0 Å². The molecule has 3 nitrogen and oxygen atoms in total. The zero-order valence-electron chi connectivity index (χ0n) is 6.69. The third kappa shape index (κ3) is 0.902. The summed E-state index contributed by atoms with van der Waals surface area (Å²) >= 11 is 0. The van der Waals surface area contributed by atoms with Gasteiger partial charge in [-0.05, 0) is 6.07 Å². The lowest BCUT2D eigenvalue weighted by atomic mass is 10.3. The SMILES string of the molecule is [2H]c1c[n+]([O-])c2ccccc2n1. The van der Waals surface area contributed by atoms with Gasteiger partial charge in [0.2, 0.25) is 5.52 Å². The molecule has 0 saturated carbocycles. The quantitative estimate of drug-likeness (QED) is 0.409. The highest BCUT2D eigenvalue weighted by Crippen LogP contribution is 2.03. The number of hydrogen-bond acceptors (Lipinski definition) is 2. The summed E-state index contributed by atoms with van der Waals surface area (Å²) in [5, 5.41) is 11.2. The van der Waals surface area contributed by atoms with Gasteiger partial charge in [-0.15, -0.1) is 0 Å². The van der Waals surface area contributed by atoms with Crippen LogP contribution in [0, 0.1) is 5.21 Å². The Morgan fingerprint density at radius 1 is 1.45 bits per heavy atom. The molecular weight excluding hydrogens is 140 g/mol. The molecule has 0 bridgehead atoms. The average molecular weight is 147 g/mol. The largest absolute Gasteiger partial charge is 0.618 e. The van der Waals surface area contributed by atoms with E-state index in [1.165, 1.54) is 0 Å². The second-order valence-corrected chi connectivity index (χ2v) is 2.18. The maximum absolute atomic E-state index is 11.2. The lowest BCUT2D eigenvalue weighted by molar-refractivity contribution is -0.577. The Labute approximate surface area is 64.9 Å². The first-order chi connectivity index (χ1) is 5.77. The predicted molar refractivity (Wildman–Crippen MR) is 40.7 cm³/mol. The third-order valence-corrected chi connectivity index (χ3v) is 1.48. The maximum atomic E-state index is 11.2. The van der Waals surface area contributed by atoms with Crippen molar-refractivity contribution >= 4 is 11.0 Å². The van der Waals surface area contributed by atoms with Crippen LogP contribution in [-0.2, 0) is 0 Å². The Bertz CT molecular complexity index is 430. The second kappa shape index (κ2) is 2.20. The van der Waals surface area contributed by atoms with Crippen LogP contribution in [0.2, 0.25) is 0 Å². The minimum atomic E-state index is -0.0105. The highest BCUT2D eigenvalue weighted by atomic mass is 16.5. The Morgan fingerprint density at radius 2 is 2.27 bits per heavy atom. The molecule has 3 heteroatoms. The molecule has 0 saturated heterocycles. The molecule has 1 aromatic carbocycles. The predicted octanol–water partition coefficient (Wildman–Crippen LogP) is 0.868. The molecule has 0 atom stereocenters. The van der Waals surface area contributed by atoms with Crippen LogP contribution < -0.4 is 4.73 Å². The summed E-state index contributed by atoms with van der Waals surface area (Å²) in [6, 6.07) is 6.94. The van der Waals surface area contributed by atoms with Crippen molar-refractivity contribution in [3.05, 3.63) is 41.8 Å². The summed E-state index contributed by atoms with van der Waals surface area (Å²) < 4.78 is 7.84. The van der Waals surface area contributed by atoms with Gasteiger partial charge < -0.3 is 5.21 Å². The summed E-state index contributed by atoms with van der Waals surface area (Å²) in [7, 11) is 0. The van der Waals surface area contributed by atoms with E-state index in [-0.39, 0.29) is 6.17 Å². The van der Waals surface area contributed by atoms with Crippen molar-refractivity contribution in [3.63, 3.8) is 0 Å². The first kappa shape index (κ1) is 5.07. The van der Waals surface area contributed by atoms with Gasteiger partial charge in [-0.2, -0.15) is 4.73 Å². The third-order valence-electron chi connectivity index (χ3n) is 1.48. The van der Waals surface area contributed by atoms with Crippen LogP contribution in [0.5, 0.6) is 0 Å². The minimum Gasteiger partial charge on any atom is -0.618 e. The maximum Gasteiger partial charge on any atom is 0.242 e. The van der Waals surface area contributed by atoms with Crippen LogP contribution in [0.4, 0.5) is 0 Å². The van der Waals surface area contributed by atoms with Gasteiger partial charge in [-0.25, -0.2) is 4.98 Å². The van der Waals surface area contributed by atoms with Gasteiger partial charge in [0, 0.05) is 6.07 Å². The van der Waals surface area contributed by atoms with Crippen molar-refractivity contribution in [3.8, 4) is 0 Å². The van der Waals surface area contributed by atoms with Gasteiger partial charge in [0.05, 0.1) is 7.54 Å². The van der Waals surface area contributed by atoms with Crippen molar-refractivity contribution in [2.24, 2.45) is 0 Å². The lowest BCUT2D eigenvalue weighted by Crippen LogP contribution is -2.26. The molecule has 0 aliphatic heterocycles. The second-order valence-electron chi connectivity index (χ2n) is 2.18. The molecule has 11 heavy (non-hydrogen) atoms. The molecule has 0 amide bonds. The van der Waals surface area contributed by atoms with Crippen molar-refractivity contribution in [2.45, 2.75) is 0 Å². The molecule has 0 N–H and O–H groups in total. The van der Waals surface area contributed by atoms with E-state index >= 15 is 0 Å². The lowest BCUT2D eigenvalue weighted by Gasteiger charge is -1.97. The van der Waals surface area contributed by atoms with Gasteiger partial charge >= 0.3 is 0 Å². The number of para-hydroxylation sites is 2. The number of fused-ring (bicyclic) bond motifs is 1. The molecule has 2 rings (SSSR count). The Balaban J connectivity index is 2.89. The van der Waals surface area contributed by atoms with E-state index in [1.807, 2.05) is 0 Å². The highest BCUT2D eigenvalue weighted by Gasteiger charge is 1.99. The summed E-state index contributed by atoms with van der Waals surface area (Å²) in [5.74, 6) is 0. The number of aromatic nitrogens is 2. The standard InChI is InChI=1S/C8H6N2O/c11-10-6-5-9-7-3-1-2-4-8(7)10/h1-6H/i5D. The molecule has 1 aromatic heterocycles. The Morgan fingerprint density at radius 3 is 3.18 bits per heavy atom. The van der Waals surface area contributed by atoms with E-state index in [0.717, 1.165) is 6.20 Å². The summed E-state index contributed by atoms with van der Waals surface area (Å²) in [5.41, 5.74) is 1.05. The fourth-order valence-corrected chi connectivity index (χ4v) is 0.965. The van der Waals surface area contributed by atoms with E-state index in [9.17, 15) is 5.21 Å². The molecule has 0 fully saturated rings. The Hall–Kier alpha value is -1.64. The van der Waals surface area contributed by atoms with Gasteiger partial charge in [-0.3, -0.25) is 0 Å². The van der Waals surface area contributed by atoms with E-state index in [1.54, 1.807) is 24.3 Å². The molecule has 0 aliphatic rings. The average Bonchev–Trinajstić information content (AvgIpc) is 2.04. The number of benzene rings is 1. The van der Waals surface area contributed by atoms with Crippen molar-refractivity contribution < 1.29 is 6.10 Å². The first-order valence-electron chi connectivity index (χ1n) is 3.73. The smallest absolute Gasteiger partial charge is 0.242 e. The van der Waals surface area contributed by atoms with Gasteiger partial charge in [0.25, 0.3) is 0 Å². The topological polar surface area (TPSA) is 39.8 Å². The van der Waals surface area contributed by atoms with Crippen LogP contribution in [0.25, 0.3) is 11.0 Å². The van der Waals surface area contributed by atoms with Gasteiger partial charge in [0.1, 0.15) is 5.52 Å². The molecule has 0 aliphatic carbocycles. The minimum absolute atomic E-state index is 0.0105. The zero-order chi connectivity index (χ0) is 8.55. The number of nitrogens with zero attached hydrogens (tertiary/aromatic N) is 2. The van der Waals surface area contributed by atoms with Crippen molar-refractivity contribution in [1.29, 1.82) is 0 Å². The highest BCUT2D eigenvalue weighted by molar-refractivity contribution is 5.69. The zero-order valence-corrected chi connectivity index (χ0v) is 5.69. The van der Waals surface area contributed by atoms with Crippen LogP contribution in [-0.4, -0.2) is 4.98 Å². The molecule has 54 valence electrons. The molecule has 0 spiro atoms. The molecule has 0 unspecified atom stereocenters. The van der Waals surface area contributed by atoms with Crippen molar-refractivity contribution in [2.75, 3.05) is 0 Å². The van der Waals surface area contributed by atoms with Crippen LogP contribution in [0.15, 0.2) is 36.6 Å². The molecule has 0 radical (unpaired) electrons. The van der Waals surface area contributed by atoms with E-state index in [2.05, 4.69) is 4.98 Å². The summed E-state index contributed by atoms with van der Waals surface area (Å²) in [6.07, 6.45) is 1.13. The number of rotatable bonds is 0. The van der Waals surface area contributed by atoms with Gasteiger partial charge in [-0.1, -0.05) is 12.1 Å². The molecular formula is C8H6N2O. The van der Waals surface area contributed by atoms with Gasteiger partial charge in [0.15, 0.2) is 6.20 Å². The van der Waals surface area contributed by atoms with Crippen molar-refractivity contribution in [1.82, 2.24) is 4.98 Å². The van der Waals surface area contributed by atoms with E-state index in [0.29, 0.717) is 15.8 Å². The molecule has 1 heterocycles. The van der Waals surface area contributed by atoms with Crippen LogP contribution in [0.1, 0.15) is 1.37 Å². The monoisotopic (exact) mass is 147 g/mol. The fourth-order valence-electron chi connectivity index (χ4n) is 0.965. The fraction of sp³-hybridized carbons (Fsp3) is 0. The van der Waals surface area contributed by atoms with E-state index < -0.39 is 0 Å². The molecule has 2 aromatic rings. The summed E-state index contributed by atoms with van der Waals surface area (Å²) in [4.78, 5) is 3.88. The number of hydrogen-bond donors (Lipinski definition) is 0.